The molecule has 1 aromatic rings. The van der Waals surface area contributed by atoms with Gasteiger partial charge in [-0.3, -0.25) is 4.79 Å². The van der Waals surface area contributed by atoms with Crippen LogP contribution in [-0.4, -0.2) is 25.5 Å². The molecule has 0 aliphatic heterocycles. The zero-order chi connectivity index (χ0) is 14.9. The monoisotopic (exact) mass is 297 g/mol. The van der Waals surface area contributed by atoms with Gasteiger partial charge in [-0.2, -0.15) is 0 Å². The van der Waals surface area contributed by atoms with Crippen LogP contribution >= 0.6 is 11.3 Å². The van der Waals surface area contributed by atoms with Gasteiger partial charge in [-0.25, -0.2) is 4.79 Å². The molecule has 5 N–H and O–H groups in total. The molecule has 1 aromatic heterocycles. The molecule has 110 valence electrons. The zero-order valence-electron chi connectivity index (χ0n) is 11.6. The van der Waals surface area contributed by atoms with E-state index < -0.39 is 11.9 Å². The van der Waals surface area contributed by atoms with Crippen LogP contribution in [0.4, 0.5) is 10.7 Å². The van der Waals surface area contributed by atoms with Crippen LogP contribution in [0.5, 0.6) is 0 Å². The molecule has 0 saturated heterocycles. The summed E-state index contributed by atoms with van der Waals surface area (Å²) in [7, 11) is 1.27. The number of ether oxygens (including phenoxy) is 1. The van der Waals surface area contributed by atoms with E-state index in [-0.39, 0.29) is 16.1 Å². The largest absolute Gasteiger partial charge is 0.465 e. The fourth-order valence-electron chi connectivity index (χ4n) is 2.16. The number of carbonyl (C=O) groups excluding carboxylic acids is 2. The van der Waals surface area contributed by atoms with Crippen molar-refractivity contribution in [2.75, 3.05) is 24.7 Å². The third kappa shape index (κ3) is 2.58. The molecule has 0 atom stereocenters. The van der Waals surface area contributed by atoms with E-state index in [9.17, 15) is 9.59 Å². The quantitative estimate of drug-likeness (QED) is 0.694. The van der Waals surface area contributed by atoms with Crippen molar-refractivity contribution in [3.63, 3.8) is 0 Å². The molecule has 1 aliphatic carbocycles. The summed E-state index contributed by atoms with van der Waals surface area (Å²) in [4.78, 5) is 23.4. The van der Waals surface area contributed by atoms with Crippen molar-refractivity contribution in [3.05, 3.63) is 10.4 Å². The Hall–Kier alpha value is -1.76. The average molecular weight is 297 g/mol. The van der Waals surface area contributed by atoms with E-state index in [0.717, 1.165) is 24.3 Å². The van der Waals surface area contributed by atoms with Gasteiger partial charge in [0.15, 0.2) is 0 Å². The summed E-state index contributed by atoms with van der Waals surface area (Å²) in [6.45, 7) is 2.90. The number of hydrogen-bond acceptors (Lipinski definition) is 6. The first kappa shape index (κ1) is 14.6. The third-order valence-corrected chi connectivity index (χ3v) is 5.04. The number of anilines is 2. The van der Waals surface area contributed by atoms with Crippen LogP contribution < -0.4 is 16.8 Å². The SMILES string of the molecule is CCC1(CNc2sc(C(=O)OC)c(N)c2C(N)=O)CC1. The van der Waals surface area contributed by atoms with Crippen molar-refractivity contribution >= 4 is 33.9 Å². The highest BCUT2D eigenvalue weighted by atomic mass is 32.1. The molecule has 1 fully saturated rings. The Morgan fingerprint density at radius 1 is 1.45 bits per heavy atom. The number of thiophene rings is 1. The van der Waals surface area contributed by atoms with E-state index >= 15 is 0 Å². The molecule has 0 radical (unpaired) electrons. The summed E-state index contributed by atoms with van der Waals surface area (Å²) in [6, 6.07) is 0. The molecule has 6 nitrogen and oxygen atoms in total. The second-order valence-electron chi connectivity index (χ2n) is 5.11. The molecule has 20 heavy (non-hydrogen) atoms. The standard InChI is InChI=1S/C13H19N3O3S/c1-3-13(4-5-13)6-16-11-7(10(15)17)8(14)9(20-11)12(18)19-2/h16H,3-6,14H2,1-2H3,(H2,15,17). The number of esters is 1. The van der Waals surface area contributed by atoms with Gasteiger partial charge < -0.3 is 21.5 Å². The number of amides is 1. The predicted octanol–water partition coefficient (Wildman–Crippen LogP) is 1.82. The van der Waals surface area contributed by atoms with Gasteiger partial charge in [0.25, 0.3) is 5.91 Å². The van der Waals surface area contributed by atoms with Crippen molar-refractivity contribution < 1.29 is 14.3 Å². The van der Waals surface area contributed by atoms with E-state index in [0.29, 0.717) is 10.4 Å². The molecular formula is C13H19N3O3S. The first-order valence-electron chi connectivity index (χ1n) is 6.48. The van der Waals surface area contributed by atoms with E-state index in [2.05, 4.69) is 17.0 Å². The summed E-state index contributed by atoms with van der Waals surface area (Å²) in [5.41, 5.74) is 11.8. The van der Waals surface area contributed by atoms with Crippen LogP contribution in [0, 0.1) is 5.41 Å². The summed E-state index contributed by atoms with van der Waals surface area (Å²) in [5, 5.41) is 3.77. The Kier molecular flexibility index (Phi) is 3.89. The molecule has 1 heterocycles. The first-order chi connectivity index (χ1) is 9.44. The fraction of sp³-hybridized carbons (Fsp3) is 0.538. The lowest BCUT2D eigenvalue weighted by Crippen LogP contribution is -2.18. The Morgan fingerprint density at radius 3 is 2.55 bits per heavy atom. The molecule has 2 rings (SSSR count). The van der Waals surface area contributed by atoms with Gasteiger partial charge in [0, 0.05) is 6.54 Å². The number of nitrogens with two attached hydrogens (primary N) is 2. The van der Waals surface area contributed by atoms with Crippen molar-refractivity contribution in [2.45, 2.75) is 26.2 Å². The second-order valence-corrected chi connectivity index (χ2v) is 6.13. The lowest BCUT2D eigenvalue weighted by atomic mass is 10.0. The maximum Gasteiger partial charge on any atom is 0.350 e. The Morgan fingerprint density at radius 2 is 2.10 bits per heavy atom. The van der Waals surface area contributed by atoms with Crippen LogP contribution in [0.15, 0.2) is 0 Å². The number of nitrogen functional groups attached to an aromatic ring is 1. The Labute approximate surface area is 121 Å². The van der Waals surface area contributed by atoms with Crippen LogP contribution in [0.1, 0.15) is 46.2 Å². The van der Waals surface area contributed by atoms with E-state index in [4.69, 9.17) is 11.5 Å². The second kappa shape index (κ2) is 5.32. The smallest absolute Gasteiger partial charge is 0.350 e. The molecule has 0 aromatic carbocycles. The summed E-state index contributed by atoms with van der Waals surface area (Å²) in [5.74, 6) is -1.20. The van der Waals surface area contributed by atoms with Crippen molar-refractivity contribution in [1.29, 1.82) is 0 Å². The van der Waals surface area contributed by atoms with Crippen molar-refractivity contribution in [1.82, 2.24) is 0 Å². The lowest BCUT2D eigenvalue weighted by Gasteiger charge is -2.13. The highest BCUT2D eigenvalue weighted by Gasteiger charge is 2.40. The zero-order valence-corrected chi connectivity index (χ0v) is 12.4. The normalized spacial score (nSPS) is 15.7. The van der Waals surface area contributed by atoms with E-state index in [1.165, 1.54) is 20.0 Å². The maximum atomic E-state index is 11.6. The molecule has 7 heteroatoms. The summed E-state index contributed by atoms with van der Waals surface area (Å²) in [6.07, 6.45) is 3.43. The van der Waals surface area contributed by atoms with Crippen molar-refractivity contribution in [2.24, 2.45) is 11.1 Å². The fourth-order valence-corrected chi connectivity index (χ4v) is 3.20. The molecule has 0 bridgehead atoms. The molecule has 1 saturated carbocycles. The van der Waals surface area contributed by atoms with Crippen LogP contribution in [0.2, 0.25) is 0 Å². The number of primary amides is 1. The van der Waals surface area contributed by atoms with E-state index in [1.807, 2.05) is 0 Å². The van der Waals surface area contributed by atoms with Gasteiger partial charge in [-0.15, -0.1) is 11.3 Å². The van der Waals surface area contributed by atoms with Crippen molar-refractivity contribution in [3.8, 4) is 0 Å². The topological polar surface area (TPSA) is 107 Å². The number of hydrogen-bond donors (Lipinski definition) is 3. The van der Waals surface area contributed by atoms with Crippen LogP contribution in [0.25, 0.3) is 0 Å². The van der Waals surface area contributed by atoms with Gasteiger partial charge in [0.2, 0.25) is 0 Å². The maximum absolute atomic E-state index is 11.6. The van der Waals surface area contributed by atoms with Gasteiger partial charge in [0.1, 0.15) is 9.88 Å². The van der Waals surface area contributed by atoms with Crippen LogP contribution in [-0.2, 0) is 4.74 Å². The number of methoxy groups -OCH3 is 1. The number of nitrogens with one attached hydrogen (secondary N) is 1. The molecule has 0 spiro atoms. The third-order valence-electron chi connectivity index (χ3n) is 3.89. The van der Waals surface area contributed by atoms with Gasteiger partial charge in [-0.1, -0.05) is 6.92 Å². The highest BCUT2D eigenvalue weighted by Crippen LogP contribution is 2.49. The summed E-state index contributed by atoms with van der Waals surface area (Å²) < 4.78 is 4.66. The summed E-state index contributed by atoms with van der Waals surface area (Å²) >= 11 is 1.11. The average Bonchev–Trinajstić information content (AvgIpc) is 3.13. The first-order valence-corrected chi connectivity index (χ1v) is 7.30. The Bertz CT molecular complexity index is 549. The Balaban J connectivity index is 2.26. The molecule has 1 aliphatic rings. The molecular weight excluding hydrogens is 278 g/mol. The highest BCUT2D eigenvalue weighted by molar-refractivity contribution is 7.19. The van der Waals surface area contributed by atoms with Gasteiger partial charge in [-0.05, 0) is 24.7 Å². The minimum absolute atomic E-state index is 0.0956. The molecule has 1 amide bonds. The van der Waals surface area contributed by atoms with Gasteiger partial charge >= 0.3 is 5.97 Å². The minimum Gasteiger partial charge on any atom is -0.465 e. The minimum atomic E-state index is -0.641. The molecule has 0 unspecified atom stereocenters. The predicted molar refractivity (Wildman–Crippen MR) is 79.0 cm³/mol. The number of rotatable bonds is 6. The number of carbonyl (C=O) groups is 2. The van der Waals surface area contributed by atoms with E-state index in [1.54, 1.807) is 0 Å². The van der Waals surface area contributed by atoms with Crippen LogP contribution in [0.3, 0.4) is 0 Å². The van der Waals surface area contributed by atoms with Gasteiger partial charge in [0.05, 0.1) is 18.4 Å². The lowest BCUT2D eigenvalue weighted by molar-refractivity contribution is 0.0607.